The van der Waals surface area contributed by atoms with Gasteiger partial charge < -0.3 is 4.90 Å². The van der Waals surface area contributed by atoms with Gasteiger partial charge in [0.1, 0.15) is 17.5 Å². The van der Waals surface area contributed by atoms with Crippen molar-refractivity contribution in [1.82, 2.24) is 15.0 Å². The van der Waals surface area contributed by atoms with Gasteiger partial charge in [-0.05, 0) is 45.7 Å². The van der Waals surface area contributed by atoms with E-state index in [1.54, 1.807) is 0 Å². The zero-order valence-corrected chi connectivity index (χ0v) is 16.6. The van der Waals surface area contributed by atoms with E-state index < -0.39 is 0 Å². The molecule has 27 heavy (non-hydrogen) atoms. The largest absolute Gasteiger partial charge is 0.356 e. The number of rotatable bonds is 3. The molecule has 4 heterocycles. The minimum atomic E-state index is -0.163. The summed E-state index contributed by atoms with van der Waals surface area (Å²) in [4.78, 5) is 30.9. The van der Waals surface area contributed by atoms with Crippen molar-refractivity contribution in [2.45, 2.75) is 58.4 Å². The van der Waals surface area contributed by atoms with Crippen LogP contribution in [0.4, 0.5) is 11.6 Å². The molecule has 0 unspecified atom stereocenters. The number of aromatic nitrogens is 3. The molecular formula is C21H27N5O. The fourth-order valence-electron chi connectivity index (χ4n) is 4.30. The topological polar surface area (TPSA) is 62.2 Å². The molecule has 0 N–H and O–H groups in total. The second kappa shape index (κ2) is 6.59. The minimum absolute atomic E-state index is 0.102. The van der Waals surface area contributed by atoms with Gasteiger partial charge in [-0.2, -0.15) is 0 Å². The van der Waals surface area contributed by atoms with E-state index >= 15 is 0 Å². The number of fused-ring (bicyclic) bond motifs is 1. The number of hydrogen-bond donors (Lipinski definition) is 0. The molecular weight excluding hydrogens is 338 g/mol. The summed E-state index contributed by atoms with van der Waals surface area (Å²) < 4.78 is 0. The molecule has 2 aromatic heterocycles. The lowest BCUT2D eigenvalue weighted by atomic mass is 9.80. The van der Waals surface area contributed by atoms with Gasteiger partial charge in [-0.25, -0.2) is 15.0 Å². The molecule has 0 radical (unpaired) electrons. The standard InChI is InChI=1S/C21H27N5O/c1-14(2)26-18(27)12-16-15(3)23-20(24-19(16)26)21(4)9-7-11-25(13-21)17-8-5-6-10-22-17/h5-6,8,10,14H,7,9,11-13H2,1-4H3/t21-/m0/s1. The van der Waals surface area contributed by atoms with E-state index in [1.165, 1.54) is 0 Å². The fourth-order valence-corrected chi connectivity index (χ4v) is 4.30. The Kier molecular flexibility index (Phi) is 4.36. The lowest BCUT2D eigenvalue weighted by Gasteiger charge is -2.40. The molecule has 0 spiro atoms. The SMILES string of the molecule is Cc1nc([C@@]2(C)CCCN(c3ccccn3)C2)nc2c1CC(=O)N2C(C)C. The van der Waals surface area contributed by atoms with Crippen LogP contribution >= 0.6 is 0 Å². The quantitative estimate of drug-likeness (QED) is 0.837. The van der Waals surface area contributed by atoms with E-state index in [4.69, 9.17) is 9.97 Å². The van der Waals surface area contributed by atoms with Gasteiger partial charge in [0.05, 0.1) is 6.42 Å². The highest BCUT2D eigenvalue weighted by molar-refractivity contribution is 6.00. The third-order valence-electron chi connectivity index (χ3n) is 5.74. The Hall–Kier alpha value is -2.50. The smallest absolute Gasteiger partial charge is 0.233 e. The van der Waals surface area contributed by atoms with E-state index in [-0.39, 0.29) is 17.4 Å². The van der Waals surface area contributed by atoms with Crippen LogP contribution < -0.4 is 9.80 Å². The molecule has 1 atom stereocenters. The van der Waals surface area contributed by atoms with Gasteiger partial charge in [-0.1, -0.05) is 13.0 Å². The first-order chi connectivity index (χ1) is 12.9. The Morgan fingerprint density at radius 2 is 2.04 bits per heavy atom. The normalized spacial score (nSPS) is 22.5. The lowest BCUT2D eigenvalue weighted by Crippen LogP contribution is -2.46. The predicted octanol–water partition coefficient (Wildman–Crippen LogP) is 3.04. The van der Waals surface area contributed by atoms with Crippen LogP contribution in [0.3, 0.4) is 0 Å². The van der Waals surface area contributed by atoms with Crippen LogP contribution in [-0.2, 0) is 16.6 Å². The summed E-state index contributed by atoms with van der Waals surface area (Å²) in [5, 5.41) is 0. The molecule has 2 aliphatic rings. The highest BCUT2D eigenvalue weighted by Crippen LogP contribution is 2.37. The fraction of sp³-hybridized carbons (Fsp3) is 0.524. The van der Waals surface area contributed by atoms with Crippen molar-refractivity contribution < 1.29 is 4.79 Å². The number of nitrogens with zero attached hydrogens (tertiary/aromatic N) is 5. The first-order valence-electron chi connectivity index (χ1n) is 9.75. The van der Waals surface area contributed by atoms with Crippen LogP contribution in [0.2, 0.25) is 0 Å². The Bertz CT molecular complexity index is 866. The number of carbonyl (C=O) groups is 1. The Morgan fingerprint density at radius 3 is 2.74 bits per heavy atom. The first-order valence-corrected chi connectivity index (χ1v) is 9.75. The molecule has 2 aromatic rings. The molecule has 0 saturated carbocycles. The molecule has 4 rings (SSSR count). The summed E-state index contributed by atoms with van der Waals surface area (Å²) in [6, 6.07) is 6.12. The zero-order valence-electron chi connectivity index (χ0n) is 16.6. The highest BCUT2D eigenvalue weighted by Gasteiger charge is 2.39. The average molecular weight is 365 g/mol. The minimum Gasteiger partial charge on any atom is -0.356 e. The summed E-state index contributed by atoms with van der Waals surface area (Å²) >= 11 is 0. The van der Waals surface area contributed by atoms with Crippen LogP contribution in [0.25, 0.3) is 0 Å². The maximum atomic E-state index is 12.5. The Labute approximate surface area is 160 Å². The van der Waals surface area contributed by atoms with Crippen LogP contribution in [0, 0.1) is 6.92 Å². The van der Waals surface area contributed by atoms with Gasteiger partial charge in [0.2, 0.25) is 5.91 Å². The third kappa shape index (κ3) is 3.07. The maximum absolute atomic E-state index is 12.5. The van der Waals surface area contributed by atoms with Gasteiger partial charge in [-0.15, -0.1) is 0 Å². The molecule has 6 nitrogen and oxygen atoms in total. The van der Waals surface area contributed by atoms with E-state index in [0.29, 0.717) is 6.42 Å². The monoisotopic (exact) mass is 365 g/mol. The molecule has 0 bridgehead atoms. The average Bonchev–Trinajstić information content (AvgIpc) is 2.99. The lowest BCUT2D eigenvalue weighted by molar-refractivity contribution is -0.117. The molecule has 2 aliphatic heterocycles. The summed E-state index contributed by atoms with van der Waals surface area (Å²) in [5.41, 5.74) is 1.75. The van der Waals surface area contributed by atoms with Gasteiger partial charge >= 0.3 is 0 Å². The number of hydrogen-bond acceptors (Lipinski definition) is 5. The van der Waals surface area contributed by atoms with Crippen LogP contribution in [0.15, 0.2) is 24.4 Å². The Balaban J connectivity index is 1.71. The number of anilines is 2. The number of piperidine rings is 1. The molecule has 0 aromatic carbocycles. The summed E-state index contributed by atoms with van der Waals surface area (Å²) in [5.74, 6) is 2.78. The van der Waals surface area contributed by atoms with E-state index in [1.807, 2.05) is 44.0 Å². The van der Waals surface area contributed by atoms with E-state index in [9.17, 15) is 4.79 Å². The van der Waals surface area contributed by atoms with Gasteiger partial charge in [0, 0.05) is 42.0 Å². The second-order valence-electron chi connectivity index (χ2n) is 8.24. The molecule has 0 aliphatic carbocycles. The van der Waals surface area contributed by atoms with Crippen molar-refractivity contribution in [1.29, 1.82) is 0 Å². The molecule has 6 heteroatoms. The van der Waals surface area contributed by atoms with Gasteiger partial charge in [0.25, 0.3) is 0 Å². The third-order valence-corrected chi connectivity index (χ3v) is 5.74. The van der Waals surface area contributed by atoms with Crippen molar-refractivity contribution in [3.8, 4) is 0 Å². The van der Waals surface area contributed by atoms with Crippen molar-refractivity contribution in [3.05, 3.63) is 41.5 Å². The van der Waals surface area contributed by atoms with E-state index in [2.05, 4.69) is 22.9 Å². The van der Waals surface area contributed by atoms with Crippen molar-refractivity contribution in [2.75, 3.05) is 22.9 Å². The highest BCUT2D eigenvalue weighted by atomic mass is 16.2. The summed E-state index contributed by atoms with van der Waals surface area (Å²) in [7, 11) is 0. The number of carbonyl (C=O) groups excluding carboxylic acids is 1. The van der Waals surface area contributed by atoms with Crippen molar-refractivity contribution >= 4 is 17.5 Å². The number of amides is 1. The van der Waals surface area contributed by atoms with Crippen molar-refractivity contribution in [3.63, 3.8) is 0 Å². The molecule has 1 saturated heterocycles. The summed E-state index contributed by atoms with van der Waals surface area (Å²) in [6.07, 6.45) is 4.35. The van der Waals surface area contributed by atoms with Gasteiger partial charge in [0.15, 0.2) is 0 Å². The first kappa shape index (κ1) is 17.9. The molecule has 1 amide bonds. The van der Waals surface area contributed by atoms with Gasteiger partial charge in [-0.3, -0.25) is 9.69 Å². The summed E-state index contributed by atoms with van der Waals surface area (Å²) in [6.45, 7) is 10.1. The molecule has 142 valence electrons. The van der Waals surface area contributed by atoms with Crippen LogP contribution in [-0.4, -0.2) is 40.0 Å². The number of pyridine rings is 1. The Morgan fingerprint density at radius 1 is 1.22 bits per heavy atom. The molecule has 1 fully saturated rings. The predicted molar refractivity (Wildman–Crippen MR) is 106 cm³/mol. The van der Waals surface area contributed by atoms with Crippen molar-refractivity contribution in [2.24, 2.45) is 0 Å². The second-order valence-corrected chi connectivity index (χ2v) is 8.24. The maximum Gasteiger partial charge on any atom is 0.233 e. The van der Waals surface area contributed by atoms with Crippen LogP contribution in [0.5, 0.6) is 0 Å². The zero-order chi connectivity index (χ0) is 19.2. The van der Waals surface area contributed by atoms with E-state index in [0.717, 1.165) is 54.6 Å². The number of aryl methyl sites for hydroxylation is 1. The van der Waals surface area contributed by atoms with Crippen LogP contribution in [0.1, 0.15) is 50.7 Å².